The smallest absolute Gasteiger partial charge is 0.227 e. The highest BCUT2D eigenvalue weighted by atomic mass is 16.1. The first-order valence-electron chi connectivity index (χ1n) is 8.06. The van der Waals surface area contributed by atoms with Crippen molar-refractivity contribution >= 4 is 17.3 Å². The van der Waals surface area contributed by atoms with Crippen LogP contribution >= 0.6 is 0 Å². The van der Waals surface area contributed by atoms with Crippen molar-refractivity contribution in [2.45, 2.75) is 20.3 Å². The average molecular weight is 302 g/mol. The Morgan fingerprint density at radius 2 is 1.59 bits per heavy atom. The summed E-state index contributed by atoms with van der Waals surface area (Å²) in [5.41, 5.74) is 2.33. The molecular formula is C17H26N4O. The monoisotopic (exact) mass is 302 g/mol. The largest absolute Gasteiger partial charge is 0.369 e. The van der Waals surface area contributed by atoms with Gasteiger partial charge in [-0.25, -0.2) is 0 Å². The van der Waals surface area contributed by atoms with Gasteiger partial charge in [0.1, 0.15) is 5.82 Å². The maximum Gasteiger partial charge on any atom is 0.227 e. The summed E-state index contributed by atoms with van der Waals surface area (Å²) in [6, 6.07) is 8.48. The standard InChI is InChI=1S/C15H20N4O.C2H6/c1-12-17-15(20)6-9-19(12)14-4-2-13(3-5-14)18-10-7-16-8-11-18;1-2/h2-5,16H,1,6-11H2,(H,17,20);1-2H3. The van der Waals surface area contributed by atoms with Gasteiger partial charge >= 0.3 is 0 Å². The van der Waals surface area contributed by atoms with Gasteiger partial charge in [0.25, 0.3) is 0 Å². The predicted molar refractivity (Wildman–Crippen MR) is 92.1 cm³/mol. The Bertz CT molecular complexity index is 506. The SMILES string of the molecule is C=C1NC(=O)CCN1c1ccc(N2CCNCC2)cc1.CC. The van der Waals surface area contributed by atoms with Gasteiger partial charge in [-0.15, -0.1) is 0 Å². The second-order valence-corrected chi connectivity index (χ2v) is 5.15. The molecule has 2 aliphatic rings. The Labute approximate surface area is 133 Å². The Balaban J connectivity index is 0.000000847. The van der Waals surface area contributed by atoms with Crippen molar-refractivity contribution in [3.05, 3.63) is 36.7 Å². The molecule has 5 heteroatoms. The topological polar surface area (TPSA) is 47.6 Å². The zero-order chi connectivity index (χ0) is 15.9. The van der Waals surface area contributed by atoms with E-state index in [2.05, 4.69) is 46.4 Å². The predicted octanol–water partition coefficient (Wildman–Crippen LogP) is 1.92. The third kappa shape index (κ3) is 3.80. The molecule has 0 unspecified atom stereocenters. The molecule has 0 bridgehead atoms. The van der Waals surface area contributed by atoms with Crippen LogP contribution in [0.2, 0.25) is 0 Å². The van der Waals surface area contributed by atoms with Gasteiger partial charge in [0.05, 0.1) is 0 Å². The van der Waals surface area contributed by atoms with Crippen molar-refractivity contribution < 1.29 is 4.79 Å². The van der Waals surface area contributed by atoms with Crippen LogP contribution in [0.5, 0.6) is 0 Å². The number of nitrogens with zero attached hydrogens (tertiary/aromatic N) is 2. The summed E-state index contributed by atoms with van der Waals surface area (Å²) >= 11 is 0. The zero-order valence-electron chi connectivity index (χ0n) is 13.6. The van der Waals surface area contributed by atoms with Crippen molar-refractivity contribution in [2.24, 2.45) is 0 Å². The molecule has 0 spiro atoms. The lowest BCUT2D eigenvalue weighted by molar-refractivity contribution is -0.120. The summed E-state index contributed by atoms with van der Waals surface area (Å²) in [5, 5.41) is 6.14. The maximum atomic E-state index is 11.3. The first kappa shape index (κ1) is 16.4. The fourth-order valence-electron chi connectivity index (χ4n) is 2.69. The molecule has 1 aromatic carbocycles. The third-order valence-corrected chi connectivity index (χ3v) is 3.82. The van der Waals surface area contributed by atoms with Gasteiger partial charge in [-0.2, -0.15) is 0 Å². The normalized spacial score (nSPS) is 18.5. The van der Waals surface area contributed by atoms with E-state index in [4.69, 9.17) is 0 Å². The molecule has 2 saturated heterocycles. The molecule has 1 amide bonds. The van der Waals surface area contributed by atoms with E-state index in [1.807, 2.05) is 18.7 Å². The van der Waals surface area contributed by atoms with Crippen LogP contribution in [0, 0.1) is 0 Å². The number of carbonyl (C=O) groups excluding carboxylic acids is 1. The molecule has 5 nitrogen and oxygen atoms in total. The van der Waals surface area contributed by atoms with Crippen molar-refractivity contribution in [3.8, 4) is 0 Å². The first-order chi connectivity index (χ1) is 10.7. The number of nitrogens with one attached hydrogen (secondary N) is 2. The molecule has 0 aliphatic carbocycles. The molecule has 0 radical (unpaired) electrons. The number of piperazine rings is 1. The number of benzene rings is 1. The van der Waals surface area contributed by atoms with Crippen LogP contribution < -0.4 is 20.4 Å². The lowest BCUT2D eigenvalue weighted by Crippen LogP contribution is -2.43. The van der Waals surface area contributed by atoms with E-state index in [1.165, 1.54) is 5.69 Å². The number of carbonyl (C=O) groups is 1. The van der Waals surface area contributed by atoms with E-state index < -0.39 is 0 Å². The van der Waals surface area contributed by atoms with Crippen molar-refractivity contribution in [1.82, 2.24) is 10.6 Å². The average Bonchev–Trinajstić information content (AvgIpc) is 2.58. The molecule has 22 heavy (non-hydrogen) atoms. The van der Waals surface area contributed by atoms with Crippen LogP contribution in [0.15, 0.2) is 36.7 Å². The molecule has 2 fully saturated rings. The molecule has 0 aromatic heterocycles. The van der Waals surface area contributed by atoms with E-state index in [0.717, 1.165) is 31.9 Å². The Morgan fingerprint density at radius 3 is 2.18 bits per heavy atom. The molecule has 2 aliphatic heterocycles. The Hall–Kier alpha value is -2.01. The fourth-order valence-corrected chi connectivity index (χ4v) is 2.69. The van der Waals surface area contributed by atoms with Crippen LogP contribution in [0.3, 0.4) is 0 Å². The first-order valence-corrected chi connectivity index (χ1v) is 8.06. The van der Waals surface area contributed by atoms with Crippen LogP contribution in [0.4, 0.5) is 11.4 Å². The van der Waals surface area contributed by atoms with Gasteiger partial charge < -0.3 is 20.4 Å². The summed E-state index contributed by atoms with van der Waals surface area (Å²) in [6.07, 6.45) is 0.512. The number of rotatable bonds is 2. The molecule has 0 atom stereocenters. The molecule has 2 heterocycles. The lowest BCUT2D eigenvalue weighted by atomic mass is 10.2. The van der Waals surface area contributed by atoms with E-state index in [-0.39, 0.29) is 5.91 Å². The maximum absolute atomic E-state index is 11.3. The second kappa shape index (κ2) is 7.84. The summed E-state index contributed by atoms with van der Waals surface area (Å²) in [7, 11) is 0. The molecule has 0 saturated carbocycles. The summed E-state index contributed by atoms with van der Waals surface area (Å²) in [5.74, 6) is 0.708. The van der Waals surface area contributed by atoms with Crippen molar-refractivity contribution in [2.75, 3.05) is 42.5 Å². The van der Waals surface area contributed by atoms with Gasteiger partial charge in [0.2, 0.25) is 5.91 Å². The molecule has 120 valence electrons. The van der Waals surface area contributed by atoms with Gasteiger partial charge in [0.15, 0.2) is 0 Å². The minimum absolute atomic E-state index is 0.0451. The van der Waals surface area contributed by atoms with Gasteiger partial charge in [0, 0.05) is 50.5 Å². The van der Waals surface area contributed by atoms with E-state index >= 15 is 0 Å². The minimum atomic E-state index is 0.0451. The van der Waals surface area contributed by atoms with E-state index in [0.29, 0.717) is 18.8 Å². The highest BCUT2D eigenvalue weighted by molar-refractivity contribution is 5.81. The number of hydrogen-bond donors (Lipinski definition) is 2. The lowest BCUT2D eigenvalue weighted by Gasteiger charge is -2.32. The highest BCUT2D eigenvalue weighted by Crippen LogP contribution is 2.24. The van der Waals surface area contributed by atoms with Crippen molar-refractivity contribution in [1.29, 1.82) is 0 Å². The molecule has 3 rings (SSSR count). The summed E-state index contributed by atoms with van der Waals surface area (Å²) in [4.78, 5) is 15.7. The van der Waals surface area contributed by atoms with Crippen LogP contribution in [-0.4, -0.2) is 38.6 Å². The van der Waals surface area contributed by atoms with Gasteiger partial charge in [-0.3, -0.25) is 4.79 Å². The molecule has 1 aromatic rings. The van der Waals surface area contributed by atoms with Crippen LogP contribution in [-0.2, 0) is 4.79 Å². The highest BCUT2D eigenvalue weighted by Gasteiger charge is 2.19. The molecular weight excluding hydrogens is 276 g/mol. The fraction of sp³-hybridized carbons (Fsp3) is 0.471. The second-order valence-electron chi connectivity index (χ2n) is 5.15. The van der Waals surface area contributed by atoms with E-state index in [9.17, 15) is 4.79 Å². The number of amides is 1. The minimum Gasteiger partial charge on any atom is -0.369 e. The van der Waals surface area contributed by atoms with Gasteiger partial charge in [-0.1, -0.05) is 20.4 Å². The summed E-state index contributed by atoms with van der Waals surface area (Å²) in [6.45, 7) is 12.8. The quantitative estimate of drug-likeness (QED) is 0.876. The van der Waals surface area contributed by atoms with Crippen LogP contribution in [0.25, 0.3) is 0 Å². The van der Waals surface area contributed by atoms with Crippen molar-refractivity contribution in [3.63, 3.8) is 0 Å². The molecule has 2 N–H and O–H groups in total. The zero-order valence-corrected chi connectivity index (χ0v) is 13.6. The summed E-state index contributed by atoms with van der Waals surface area (Å²) < 4.78 is 0. The Kier molecular flexibility index (Phi) is 5.83. The van der Waals surface area contributed by atoms with Crippen LogP contribution in [0.1, 0.15) is 20.3 Å². The van der Waals surface area contributed by atoms with Gasteiger partial charge in [-0.05, 0) is 24.3 Å². The number of anilines is 2. The number of hydrogen-bond acceptors (Lipinski definition) is 4. The Morgan fingerprint density at radius 1 is 1.00 bits per heavy atom. The van der Waals surface area contributed by atoms with E-state index in [1.54, 1.807) is 0 Å². The third-order valence-electron chi connectivity index (χ3n) is 3.82.